The van der Waals surface area contributed by atoms with Crippen LogP contribution in [0.5, 0.6) is 0 Å². The molecule has 0 saturated carbocycles. The van der Waals surface area contributed by atoms with Crippen molar-refractivity contribution in [3.63, 3.8) is 0 Å². The summed E-state index contributed by atoms with van der Waals surface area (Å²) in [5, 5.41) is 0. The van der Waals surface area contributed by atoms with Crippen molar-refractivity contribution >= 4 is 6.03 Å². The summed E-state index contributed by atoms with van der Waals surface area (Å²) in [6.07, 6.45) is 1.14. The molecule has 11 heavy (non-hydrogen) atoms. The molecule has 0 bridgehead atoms. The average Bonchev–Trinajstić information content (AvgIpc) is 2.31. The van der Waals surface area contributed by atoms with Gasteiger partial charge in [-0.1, -0.05) is 20.3 Å². The minimum atomic E-state index is -0.271. The van der Waals surface area contributed by atoms with Gasteiger partial charge in [0.15, 0.2) is 0 Å². The number of likely N-dealkylation sites (tertiary alicyclic amines) is 1. The molecule has 0 radical (unpaired) electrons. The van der Waals surface area contributed by atoms with Gasteiger partial charge in [-0.3, -0.25) is 0 Å². The van der Waals surface area contributed by atoms with Crippen LogP contribution in [0.25, 0.3) is 0 Å². The van der Waals surface area contributed by atoms with Gasteiger partial charge in [0.1, 0.15) is 0 Å². The highest BCUT2D eigenvalue weighted by Crippen LogP contribution is 2.24. The number of carbonyl (C=O) groups excluding carboxylic acids is 1. The fraction of sp³-hybridized carbons (Fsp3) is 0.875. The molecule has 1 heterocycles. The first-order chi connectivity index (χ1) is 5.15. The van der Waals surface area contributed by atoms with Crippen molar-refractivity contribution in [3.05, 3.63) is 0 Å². The number of carbonyl (C=O) groups is 1. The standard InChI is InChI=1S/C8H16N2O/c1-3-7-5-10(8(9)11)4-6(7)2/h6-7H,3-5H2,1-2H3,(H2,9,11)/t6-,7-/m0/s1. The Hall–Kier alpha value is -0.730. The summed E-state index contributed by atoms with van der Waals surface area (Å²) in [4.78, 5) is 12.5. The molecule has 0 spiro atoms. The summed E-state index contributed by atoms with van der Waals surface area (Å²) in [5.41, 5.74) is 5.16. The highest BCUT2D eigenvalue weighted by molar-refractivity contribution is 5.72. The quantitative estimate of drug-likeness (QED) is 0.606. The van der Waals surface area contributed by atoms with Crippen LogP contribution in [0.1, 0.15) is 20.3 Å². The van der Waals surface area contributed by atoms with Gasteiger partial charge in [0, 0.05) is 13.1 Å². The minimum Gasteiger partial charge on any atom is -0.351 e. The predicted molar refractivity (Wildman–Crippen MR) is 44.1 cm³/mol. The summed E-state index contributed by atoms with van der Waals surface area (Å²) < 4.78 is 0. The smallest absolute Gasteiger partial charge is 0.314 e. The summed E-state index contributed by atoms with van der Waals surface area (Å²) in [7, 11) is 0. The molecule has 1 saturated heterocycles. The van der Waals surface area contributed by atoms with E-state index in [0.717, 1.165) is 19.5 Å². The lowest BCUT2D eigenvalue weighted by Crippen LogP contribution is -2.33. The van der Waals surface area contributed by atoms with Crippen LogP contribution in [0.2, 0.25) is 0 Å². The minimum absolute atomic E-state index is 0.271. The van der Waals surface area contributed by atoms with Crippen molar-refractivity contribution in [2.75, 3.05) is 13.1 Å². The molecule has 0 aromatic heterocycles. The number of primary amides is 1. The van der Waals surface area contributed by atoms with Crippen molar-refractivity contribution in [2.45, 2.75) is 20.3 Å². The van der Waals surface area contributed by atoms with Gasteiger partial charge in [-0.15, -0.1) is 0 Å². The fourth-order valence-corrected chi connectivity index (χ4v) is 1.75. The molecule has 3 heteroatoms. The molecule has 2 N–H and O–H groups in total. The molecule has 0 unspecified atom stereocenters. The van der Waals surface area contributed by atoms with Crippen LogP contribution in [0.15, 0.2) is 0 Å². The van der Waals surface area contributed by atoms with E-state index in [-0.39, 0.29) is 6.03 Å². The molecule has 0 aromatic rings. The van der Waals surface area contributed by atoms with E-state index in [9.17, 15) is 4.79 Å². The number of amides is 2. The third-order valence-electron chi connectivity index (χ3n) is 2.60. The van der Waals surface area contributed by atoms with E-state index in [4.69, 9.17) is 5.73 Å². The lowest BCUT2D eigenvalue weighted by atomic mass is 9.96. The van der Waals surface area contributed by atoms with Gasteiger partial charge >= 0.3 is 6.03 Å². The number of nitrogens with zero attached hydrogens (tertiary/aromatic N) is 1. The van der Waals surface area contributed by atoms with Crippen LogP contribution in [0.4, 0.5) is 4.79 Å². The Labute approximate surface area is 67.5 Å². The Kier molecular flexibility index (Phi) is 2.37. The summed E-state index contributed by atoms with van der Waals surface area (Å²) in [5.74, 6) is 1.27. The molecular weight excluding hydrogens is 140 g/mol. The van der Waals surface area contributed by atoms with Crippen LogP contribution in [-0.4, -0.2) is 24.0 Å². The van der Waals surface area contributed by atoms with Crippen LogP contribution in [0.3, 0.4) is 0 Å². The van der Waals surface area contributed by atoms with Gasteiger partial charge in [-0.25, -0.2) is 4.79 Å². The van der Waals surface area contributed by atoms with E-state index >= 15 is 0 Å². The Morgan fingerprint density at radius 3 is 2.55 bits per heavy atom. The first-order valence-electron chi connectivity index (χ1n) is 4.19. The number of hydrogen-bond donors (Lipinski definition) is 1. The summed E-state index contributed by atoms with van der Waals surface area (Å²) in [6.45, 7) is 6.03. The topological polar surface area (TPSA) is 46.3 Å². The molecule has 1 aliphatic heterocycles. The molecule has 0 aliphatic carbocycles. The highest BCUT2D eigenvalue weighted by Gasteiger charge is 2.29. The Morgan fingerprint density at radius 2 is 2.27 bits per heavy atom. The SMILES string of the molecule is CC[C@H]1CN(C(N)=O)C[C@@H]1C. The number of urea groups is 1. The lowest BCUT2D eigenvalue weighted by molar-refractivity contribution is 0.216. The van der Waals surface area contributed by atoms with Gasteiger partial charge in [0.25, 0.3) is 0 Å². The molecule has 2 amide bonds. The maximum absolute atomic E-state index is 10.8. The second-order valence-corrected chi connectivity index (χ2v) is 3.39. The van der Waals surface area contributed by atoms with Crippen LogP contribution >= 0.6 is 0 Å². The van der Waals surface area contributed by atoms with Crippen molar-refractivity contribution in [1.29, 1.82) is 0 Å². The van der Waals surface area contributed by atoms with E-state index in [0.29, 0.717) is 11.8 Å². The fourth-order valence-electron chi connectivity index (χ4n) is 1.75. The van der Waals surface area contributed by atoms with E-state index in [2.05, 4.69) is 13.8 Å². The van der Waals surface area contributed by atoms with E-state index < -0.39 is 0 Å². The van der Waals surface area contributed by atoms with Gasteiger partial charge in [0.05, 0.1) is 0 Å². The van der Waals surface area contributed by atoms with Crippen LogP contribution < -0.4 is 5.73 Å². The maximum Gasteiger partial charge on any atom is 0.314 e. The second-order valence-electron chi connectivity index (χ2n) is 3.39. The lowest BCUT2D eigenvalue weighted by Gasteiger charge is -2.11. The summed E-state index contributed by atoms with van der Waals surface area (Å²) in [6, 6.07) is -0.271. The zero-order valence-corrected chi connectivity index (χ0v) is 7.21. The highest BCUT2D eigenvalue weighted by atomic mass is 16.2. The van der Waals surface area contributed by atoms with Gasteiger partial charge in [-0.2, -0.15) is 0 Å². The predicted octanol–water partition coefficient (Wildman–Crippen LogP) is 1.04. The van der Waals surface area contributed by atoms with Gasteiger partial charge in [0.2, 0.25) is 0 Å². The van der Waals surface area contributed by atoms with Gasteiger partial charge < -0.3 is 10.6 Å². The van der Waals surface area contributed by atoms with Crippen molar-refractivity contribution in [2.24, 2.45) is 17.6 Å². The Balaban J connectivity index is 2.49. The maximum atomic E-state index is 10.8. The Bertz CT molecular complexity index is 158. The van der Waals surface area contributed by atoms with Gasteiger partial charge in [-0.05, 0) is 11.8 Å². The molecule has 1 rings (SSSR count). The number of nitrogens with two attached hydrogens (primary N) is 1. The second kappa shape index (κ2) is 3.11. The molecule has 2 atom stereocenters. The van der Waals surface area contributed by atoms with Crippen molar-refractivity contribution < 1.29 is 4.79 Å². The summed E-state index contributed by atoms with van der Waals surface area (Å²) >= 11 is 0. The monoisotopic (exact) mass is 156 g/mol. The number of hydrogen-bond acceptors (Lipinski definition) is 1. The van der Waals surface area contributed by atoms with Crippen molar-refractivity contribution in [3.8, 4) is 0 Å². The molecule has 0 aromatic carbocycles. The zero-order chi connectivity index (χ0) is 8.43. The first kappa shape index (κ1) is 8.37. The largest absolute Gasteiger partial charge is 0.351 e. The zero-order valence-electron chi connectivity index (χ0n) is 7.21. The molecule has 1 aliphatic rings. The first-order valence-corrected chi connectivity index (χ1v) is 4.19. The van der Waals surface area contributed by atoms with E-state index in [1.807, 2.05) is 0 Å². The molecular formula is C8H16N2O. The van der Waals surface area contributed by atoms with Crippen molar-refractivity contribution in [1.82, 2.24) is 4.90 Å². The molecule has 1 fully saturated rings. The van der Waals surface area contributed by atoms with Crippen LogP contribution in [-0.2, 0) is 0 Å². The molecule has 3 nitrogen and oxygen atoms in total. The van der Waals surface area contributed by atoms with Crippen LogP contribution in [0, 0.1) is 11.8 Å². The van der Waals surface area contributed by atoms with E-state index in [1.54, 1.807) is 4.90 Å². The third kappa shape index (κ3) is 1.64. The molecule has 64 valence electrons. The normalized spacial score (nSPS) is 30.9. The average molecular weight is 156 g/mol. The van der Waals surface area contributed by atoms with E-state index in [1.165, 1.54) is 0 Å². The number of rotatable bonds is 1. The Morgan fingerprint density at radius 1 is 1.64 bits per heavy atom. The third-order valence-corrected chi connectivity index (χ3v) is 2.60.